The van der Waals surface area contributed by atoms with E-state index >= 15 is 0 Å². The number of urea groups is 1. The summed E-state index contributed by atoms with van der Waals surface area (Å²) in [6.07, 6.45) is 1.63. The molecule has 1 aromatic heterocycles. The van der Waals surface area contributed by atoms with Crippen molar-refractivity contribution in [2.24, 2.45) is 0 Å². The van der Waals surface area contributed by atoms with Gasteiger partial charge in [0.05, 0.1) is 58.6 Å². The maximum Gasteiger partial charge on any atom is 0.323 e. The number of ether oxygens (including phenoxy) is 6. The van der Waals surface area contributed by atoms with E-state index in [9.17, 15) is 9.59 Å². The van der Waals surface area contributed by atoms with Crippen molar-refractivity contribution in [2.75, 3.05) is 110 Å². The van der Waals surface area contributed by atoms with E-state index in [1.165, 1.54) is 0 Å². The lowest BCUT2D eigenvalue weighted by Crippen LogP contribution is -2.44. The first-order valence-corrected chi connectivity index (χ1v) is 21.2. The summed E-state index contributed by atoms with van der Waals surface area (Å²) in [5.41, 5.74) is 4.23. The third-order valence-corrected chi connectivity index (χ3v) is 10.6. The van der Waals surface area contributed by atoms with Crippen LogP contribution in [0.4, 0.5) is 27.7 Å². The van der Waals surface area contributed by atoms with Crippen LogP contribution in [0, 0.1) is 0 Å². The minimum atomic E-state index is -0.392. The van der Waals surface area contributed by atoms with Gasteiger partial charge in [0.15, 0.2) is 0 Å². The lowest BCUT2D eigenvalue weighted by Gasteiger charge is -2.33. The van der Waals surface area contributed by atoms with Crippen molar-refractivity contribution in [3.8, 4) is 23.0 Å². The molecule has 0 bridgehead atoms. The van der Waals surface area contributed by atoms with Crippen molar-refractivity contribution >= 4 is 45.6 Å². The summed E-state index contributed by atoms with van der Waals surface area (Å²) < 4.78 is 33.8. The summed E-state index contributed by atoms with van der Waals surface area (Å²) in [6.45, 7) is 13.8. The fraction of sp³-hybridized carbons (Fsp3) is 0.396. The fourth-order valence-electron chi connectivity index (χ4n) is 7.11. The second-order valence-corrected chi connectivity index (χ2v) is 16.3. The number of carbonyl (C=O) groups is 2. The van der Waals surface area contributed by atoms with Gasteiger partial charge >= 0.3 is 6.03 Å². The van der Waals surface area contributed by atoms with Gasteiger partial charge in [0.1, 0.15) is 28.8 Å². The molecule has 0 unspecified atom stereocenters. The Bertz CT molecular complexity index is 2310. The van der Waals surface area contributed by atoms with Gasteiger partial charge in [-0.05, 0) is 54.4 Å². The maximum absolute atomic E-state index is 13.8. The molecule has 6 rings (SSSR count). The van der Waals surface area contributed by atoms with E-state index < -0.39 is 6.03 Å². The third kappa shape index (κ3) is 13.3. The van der Waals surface area contributed by atoms with Crippen LogP contribution in [0.1, 0.15) is 42.3 Å². The largest absolute Gasteiger partial charge is 0.497 e. The predicted octanol–water partition coefficient (Wildman–Crippen LogP) is 7.89. The molecule has 2 heterocycles. The highest BCUT2D eigenvalue weighted by molar-refractivity contribution is 6.08. The Balaban J connectivity index is 1.12. The van der Waals surface area contributed by atoms with Crippen LogP contribution in [0.25, 0.3) is 10.8 Å². The smallest absolute Gasteiger partial charge is 0.323 e. The molecule has 0 spiro atoms. The van der Waals surface area contributed by atoms with Crippen LogP contribution in [0.3, 0.4) is 0 Å². The summed E-state index contributed by atoms with van der Waals surface area (Å²) in [7, 11) is 6.96. The van der Waals surface area contributed by atoms with E-state index in [1.807, 2.05) is 42.5 Å². The minimum Gasteiger partial charge on any atom is -0.497 e. The molecule has 0 saturated carbocycles. The van der Waals surface area contributed by atoms with Crippen LogP contribution in [-0.4, -0.2) is 121 Å². The number of hydrogen-bond acceptors (Lipinski definition) is 12. The molecule has 0 aliphatic carbocycles. The Hall–Kier alpha value is -5.97. The number of fused-ring (bicyclic) bond motifs is 1. The van der Waals surface area contributed by atoms with Gasteiger partial charge in [-0.3, -0.25) is 9.69 Å². The van der Waals surface area contributed by atoms with Crippen molar-refractivity contribution < 1.29 is 38.0 Å². The first kappa shape index (κ1) is 46.5. The highest BCUT2D eigenvalue weighted by atomic mass is 16.5. The van der Waals surface area contributed by atoms with E-state index in [-0.39, 0.29) is 11.3 Å². The number of anilines is 4. The topological polar surface area (TPSA) is 157 Å². The Kier molecular flexibility index (Phi) is 16.5. The molecule has 1 fully saturated rings. The van der Waals surface area contributed by atoms with E-state index in [0.29, 0.717) is 91.0 Å². The molecule has 1 saturated heterocycles. The van der Waals surface area contributed by atoms with Crippen LogP contribution in [0.2, 0.25) is 0 Å². The number of carbonyl (C=O) groups excluding carboxylic acids is 2. The molecule has 4 N–H and O–H groups in total. The number of hydrogen-bond donors (Lipinski definition) is 4. The first-order valence-electron chi connectivity index (χ1n) is 21.2. The molecule has 15 nitrogen and oxygen atoms in total. The molecule has 336 valence electrons. The molecule has 1 aliphatic heterocycles. The van der Waals surface area contributed by atoms with Gasteiger partial charge in [0.2, 0.25) is 0 Å². The van der Waals surface area contributed by atoms with Crippen molar-refractivity contribution in [1.29, 1.82) is 0 Å². The quantitative estimate of drug-likeness (QED) is 0.0563. The Morgan fingerprint density at radius 3 is 2.21 bits per heavy atom. The number of piperazine rings is 1. The Labute approximate surface area is 370 Å². The van der Waals surface area contributed by atoms with Gasteiger partial charge < -0.3 is 54.6 Å². The van der Waals surface area contributed by atoms with E-state index in [0.717, 1.165) is 54.6 Å². The van der Waals surface area contributed by atoms with Gasteiger partial charge in [-0.25, -0.2) is 9.78 Å². The van der Waals surface area contributed by atoms with Crippen LogP contribution >= 0.6 is 0 Å². The standard InChI is InChI=1S/C48H61N7O8/c1-48(2,3)35-26-34(32-55-19-17-54(4)18-20-55)45(60-7)42(29-35)53-47(57)52-41-12-13-43(40-11-9-8-10-39(40)41)63-37-14-15-49-44(31-37)51-36-27-33(28-38(30-36)59-6)46(56)50-16-21-61-24-25-62-23-22-58-5/h8-15,26-31H,16-25,32H2,1-7H3,(H,49,51)(H,50,56)(H2,52,53,57). The Morgan fingerprint density at radius 1 is 0.746 bits per heavy atom. The fourth-order valence-corrected chi connectivity index (χ4v) is 7.11. The first-order chi connectivity index (χ1) is 30.4. The summed E-state index contributed by atoms with van der Waals surface area (Å²) in [6, 6.07) is 23.9. The molecule has 15 heteroatoms. The number of nitrogens with zero attached hydrogens (tertiary/aromatic N) is 3. The Morgan fingerprint density at radius 2 is 1.48 bits per heavy atom. The van der Waals surface area contributed by atoms with Gasteiger partial charge in [-0.2, -0.15) is 0 Å². The molecular formula is C48H61N7O8. The predicted molar refractivity (Wildman–Crippen MR) is 247 cm³/mol. The van der Waals surface area contributed by atoms with Crippen LogP contribution in [-0.2, 0) is 26.2 Å². The molecule has 5 aromatic rings. The zero-order chi connectivity index (χ0) is 44.8. The second kappa shape index (κ2) is 22.4. The molecule has 3 amide bonds. The van der Waals surface area contributed by atoms with Crippen molar-refractivity contribution in [3.05, 3.63) is 102 Å². The number of likely N-dealkylation sites (N-methyl/N-ethyl adjacent to an activating group) is 1. The molecule has 0 atom stereocenters. The van der Waals surface area contributed by atoms with E-state index in [2.05, 4.69) is 69.9 Å². The number of benzene rings is 4. The third-order valence-electron chi connectivity index (χ3n) is 10.6. The number of aromatic nitrogens is 1. The summed E-state index contributed by atoms with van der Waals surface area (Å²) in [5, 5.41) is 13.9. The number of pyridine rings is 1. The average Bonchev–Trinajstić information content (AvgIpc) is 3.27. The molecular weight excluding hydrogens is 803 g/mol. The van der Waals surface area contributed by atoms with Crippen LogP contribution in [0.5, 0.6) is 23.0 Å². The second-order valence-electron chi connectivity index (χ2n) is 16.3. The van der Waals surface area contributed by atoms with Gasteiger partial charge in [-0.15, -0.1) is 0 Å². The molecule has 1 aliphatic rings. The number of nitrogens with one attached hydrogen (secondary N) is 4. The summed E-state index contributed by atoms with van der Waals surface area (Å²) in [5.74, 6) is 2.49. The van der Waals surface area contributed by atoms with Crippen LogP contribution in [0.15, 0.2) is 85.1 Å². The van der Waals surface area contributed by atoms with Gasteiger partial charge in [0, 0.05) is 92.3 Å². The molecule has 63 heavy (non-hydrogen) atoms. The lowest BCUT2D eigenvalue weighted by molar-refractivity contribution is 0.0255. The number of methoxy groups -OCH3 is 3. The van der Waals surface area contributed by atoms with Crippen molar-refractivity contribution in [3.63, 3.8) is 0 Å². The normalized spacial score (nSPS) is 13.4. The average molecular weight is 864 g/mol. The monoisotopic (exact) mass is 863 g/mol. The number of rotatable bonds is 20. The van der Waals surface area contributed by atoms with Crippen LogP contribution < -0.4 is 35.5 Å². The molecule has 0 radical (unpaired) electrons. The zero-order valence-corrected chi connectivity index (χ0v) is 37.5. The number of amides is 3. The summed E-state index contributed by atoms with van der Waals surface area (Å²) in [4.78, 5) is 36.1. The maximum atomic E-state index is 13.8. The summed E-state index contributed by atoms with van der Waals surface area (Å²) >= 11 is 0. The SMILES string of the molecule is COCCOCCOCCNC(=O)c1cc(Nc2cc(Oc3ccc(NC(=O)Nc4cc(C(C)(C)C)cc(CN5CCN(C)CC5)c4OC)c4ccccc34)ccn2)cc(OC)c1. The van der Waals surface area contributed by atoms with Gasteiger partial charge in [0.25, 0.3) is 5.91 Å². The van der Waals surface area contributed by atoms with Crippen molar-refractivity contribution in [1.82, 2.24) is 20.1 Å². The van der Waals surface area contributed by atoms with E-state index in [4.69, 9.17) is 28.4 Å². The lowest BCUT2D eigenvalue weighted by atomic mass is 9.85. The highest BCUT2D eigenvalue weighted by Crippen LogP contribution is 2.38. The minimum absolute atomic E-state index is 0.151. The highest BCUT2D eigenvalue weighted by Gasteiger charge is 2.24. The van der Waals surface area contributed by atoms with Gasteiger partial charge in [-0.1, -0.05) is 51.1 Å². The van der Waals surface area contributed by atoms with Crippen molar-refractivity contribution in [2.45, 2.75) is 32.7 Å². The molecule has 4 aromatic carbocycles. The van der Waals surface area contributed by atoms with E-state index in [1.54, 1.807) is 57.9 Å². The zero-order valence-electron chi connectivity index (χ0n) is 37.5.